The number of hydrogen-bond acceptors (Lipinski definition) is 4. The Morgan fingerprint density at radius 1 is 1.04 bits per heavy atom. The summed E-state index contributed by atoms with van der Waals surface area (Å²) in [6, 6.07) is 17.2. The van der Waals surface area contributed by atoms with Crippen LogP contribution in [0.3, 0.4) is 0 Å². The highest BCUT2D eigenvalue weighted by Crippen LogP contribution is 2.18. The Hall–Kier alpha value is -2.92. The molecule has 6 heteroatoms. The van der Waals surface area contributed by atoms with Gasteiger partial charge in [-0.05, 0) is 43.7 Å². The third-order valence-electron chi connectivity index (χ3n) is 4.07. The van der Waals surface area contributed by atoms with Crippen molar-refractivity contribution >= 4 is 29.0 Å². The first-order valence-electron chi connectivity index (χ1n) is 8.72. The molecule has 0 aliphatic carbocycles. The maximum atomic E-state index is 12.9. The summed E-state index contributed by atoms with van der Waals surface area (Å²) in [6.07, 6.45) is 3.06. The first-order valence-corrected chi connectivity index (χ1v) is 9.10. The molecule has 27 heavy (non-hydrogen) atoms. The van der Waals surface area contributed by atoms with Crippen molar-refractivity contribution in [3.05, 3.63) is 83.3 Å². The summed E-state index contributed by atoms with van der Waals surface area (Å²) < 4.78 is 0. The minimum atomic E-state index is -0.139. The molecule has 3 aromatic rings. The van der Waals surface area contributed by atoms with Crippen LogP contribution in [0.25, 0.3) is 0 Å². The number of hydrogen-bond donors (Lipinski definition) is 1. The second-order valence-corrected chi connectivity index (χ2v) is 6.87. The molecule has 1 aromatic heterocycles. The Kier molecular flexibility index (Phi) is 6.04. The SMILES string of the molecule is CC(C)N(Cc1ccccc1)C(=O)c1cnc(Nc2ccc(Cl)cc2)cn1. The van der Waals surface area contributed by atoms with E-state index in [1.54, 1.807) is 23.2 Å². The molecule has 0 radical (unpaired) electrons. The first kappa shape index (κ1) is 18.9. The number of carbonyl (C=O) groups excluding carboxylic acids is 1. The molecular weight excluding hydrogens is 360 g/mol. The van der Waals surface area contributed by atoms with Crippen molar-refractivity contribution in [3.63, 3.8) is 0 Å². The average molecular weight is 381 g/mol. The molecule has 1 amide bonds. The number of nitrogens with zero attached hydrogens (tertiary/aromatic N) is 3. The molecule has 2 aromatic carbocycles. The van der Waals surface area contributed by atoms with Crippen molar-refractivity contribution in [2.75, 3.05) is 5.32 Å². The molecule has 0 fully saturated rings. The van der Waals surface area contributed by atoms with Gasteiger partial charge in [0.05, 0.1) is 12.4 Å². The summed E-state index contributed by atoms with van der Waals surface area (Å²) in [5, 5.41) is 3.80. The summed E-state index contributed by atoms with van der Waals surface area (Å²) in [4.78, 5) is 23.3. The maximum Gasteiger partial charge on any atom is 0.274 e. The monoisotopic (exact) mass is 380 g/mol. The Morgan fingerprint density at radius 3 is 2.33 bits per heavy atom. The van der Waals surface area contributed by atoms with Gasteiger partial charge in [-0.2, -0.15) is 0 Å². The zero-order chi connectivity index (χ0) is 19.2. The van der Waals surface area contributed by atoms with E-state index < -0.39 is 0 Å². The van der Waals surface area contributed by atoms with E-state index in [2.05, 4.69) is 15.3 Å². The van der Waals surface area contributed by atoms with Crippen LogP contribution >= 0.6 is 11.6 Å². The third-order valence-corrected chi connectivity index (χ3v) is 4.32. The van der Waals surface area contributed by atoms with Crippen molar-refractivity contribution in [3.8, 4) is 0 Å². The quantitative estimate of drug-likeness (QED) is 0.659. The predicted octanol–water partition coefficient (Wildman–Crippen LogP) is 4.92. The number of amides is 1. The van der Waals surface area contributed by atoms with Crippen molar-refractivity contribution in [1.82, 2.24) is 14.9 Å². The van der Waals surface area contributed by atoms with Gasteiger partial charge >= 0.3 is 0 Å². The minimum Gasteiger partial charge on any atom is -0.339 e. The van der Waals surface area contributed by atoms with Gasteiger partial charge in [-0.15, -0.1) is 0 Å². The lowest BCUT2D eigenvalue weighted by Gasteiger charge is -2.26. The van der Waals surface area contributed by atoms with Crippen LogP contribution in [0, 0.1) is 0 Å². The van der Waals surface area contributed by atoms with Gasteiger partial charge in [0, 0.05) is 23.3 Å². The number of carbonyl (C=O) groups is 1. The zero-order valence-electron chi connectivity index (χ0n) is 15.3. The summed E-state index contributed by atoms with van der Waals surface area (Å²) in [7, 11) is 0. The topological polar surface area (TPSA) is 58.1 Å². The molecule has 0 spiro atoms. The standard InChI is InChI=1S/C21H21ClN4O/c1-15(2)26(14-16-6-4-3-5-7-16)21(27)19-12-24-20(13-23-19)25-18-10-8-17(22)9-11-18/h3-13,15H,14H2,1-2H3,(H,24,25). The van der Waals surface area contributed by atoms with Crippen molar-refractivity contribution < 1.29 is 4.79 Å². The third kappa shape index (κ3) is 5.05. The number of halogens is 1. The molecule has 0 bridgehead atoms. The van der Waals surface area contributed by atoms with Crippen LogP contribution in [0.15, 0.2) is 67.0 Å². The number of aromatic nitrogens is 2. The molecule has 5 nitrogen and oxygen atoms in total. The molecule has 0 aliphatic rings. The van der Waals surface area contributed by atoms with E-state index in [9.17, 15) is 4.79 Å². The van der Waals surface area contributed by atoms with Crippen LogP contribution in [0.2, 0.25) is 5.02 Å². The van der Waals surface area contributed by atoms with Crippen LogP contribution in [0.1, 0.15) is 29.9 Å². The van der Waals surface area contributed by atoms with E-state index in [1.807, 2.05) is 56.3 Å². The largest absolute Gasteiger partial charge is 0.339 e. The summed E-state index contributed by atoms with van der Waals surface area (Å²) in [5.41, 5.74) is 2.25. The lowest BCUT2D eigenvalue weighted by atomic mass is 10.2. The van der Waals surface area contributed by atoms with Crippen LogP contribution in [0.4, 0.5) is 11.5 Å². The van der Waals surface area contributed by atoms with Crippen molar-refractivity contribution in [2.45, 2.75) is 26.4 Å². The second-order valence-electron chi connectivity index (χ2n) is 6.43. The molecule has 0 saturated heterocycles. The number of rotatable bonds is 6. The molecule has 0 aliphatic heterocycles. The fourth-order valence-corrected chi connectivity index (χ4v) is 2.73. The highest BCUT2D eigenvalue weighted by atomic mass is 35.5. The van der Waals surface area contributed by atoms with Gasteiger partial charge in [0.2, 0.25) is 0 Å². The van der Waals surface area contributed by atoms with Crippen LogP contribution in [0.5, 0.6) is 0 Å². The molecule has 3 rings (SSSR count). The number of anilines is 2. The Bertz CT molecular complexity index is 880. The van der Waals surface area contributed by atoms with Crippen molar-refractivity contribution in [1.29, 1.82) is 0 Å². The van der Waals surface area contributed by atoms with Gasteiger partial charge in [-0.3, -0.25) is 4.79 Å². The molecule has 1 N–H and O–H groups in total. The molecule has 138 valence electrons. The van der Waals surface area contributed by atoms with Gasteiger partial charge in [0.15, 0.2) is 0 Å². The molecule has 0 atom stereocenters. The van der Waals surface area contributed by atoms with Crippen LogP contribution in [-0.2, 0) is 6.54 Å². The lowest BCUT2D eigenvalue weighted by Crippen LogP contribution is -2.36. The molecule has 1 heterocycles. The van der Waals surface area contributed by atoms with Gasteiger partial charge in [0.25, 0.3) is 5.91 Å². The van der Waals surface area contributed by atoms with Crippen LogP contribution < -0.4 is 5.32 Å². The normalized spacial score (nSPS) is 10.7. The molecule has 0 unspecified atom stereocenters. The second kappa shape index (κ2) is 8.64. The molecular formula is C21H21ClN4O. The van der Waals surface area contributed by atoms with Crippen LogP contribution in [-0.4, -0.2) is 26.8 Å². The molecule has 0 saturated carbocycles. The predicted molar refractivity (Wildman–Crippen MR) is 108 cm³/mol. The summed E-state index contributed by atoms with van der Waals surface area (Å²) in [6.45, 7) is 4.51. The smallest absolute Gasteiger partial charge is 0.274 e. The fourth-order valence-electron chi connectivity index (χ4n) is 2.60. The summed E-state index contributed by atoms with van der Waals surface area (Å²) in [5.74, 6) is 0.424. The minimum absolute atomic E-state index is 0.0476. The van der Waals surface area contributed by atoms with E-state index in [4.69, 9.17) is 11.6 Å². The van der Waals surface area contributed by atoms with Gasteiger partial charge in [-0.25, -0.2) is 9.97 Å². The number of nitrogens with one attached hydrogen (secondary N) is 1. The highest BCUT2D eigenvalue weighted by Gasteiger charge is 2.20. The lowest BCUT2D eigenvalue weighted by molar-refractivity contribution is 0.0684. The van der Waals surface area contributed by atoms with E-state index in [1.165, 1.54) is 6.20 Å². The first-order chi connectivity index (χ1) is 13.0. The van der Waals surface area contributed by atoms with E-state index in [0.717, 1.165) is 11.3 Å². The Labute approximate surface area is 164 Å². The maximum absolute atomic E-state index is 12.9. The van der Waals surface area contributed by atoms with E-state index in [0.29, 0.717) is 23.1 Å². The van der Waals surface area contributed by atoms with E-state index in [-0.39, 0.29) is 11.9 Å². The average Bonchev–Trinajstić information content (AvgIpc) is 2.68. The van der Waals surface area contributed by atoms with E-state index >= 15 is 0 Å². The summed E-state index contributed by atoms with van der Waals surface area (Å²) >= 11 is 5.89. The van der Waals surface area contributed by atoms with Crippen molar-refractivity contribution in [2.24, 2.45) is 0 Å². The fraction of sp³-hybridized carbons (Fsp3) is 0.190. The zero-order valence-corrected chi connectivity index (χ0v) is 16.0. The van der Waals surface area contributed by atoms with Gasteiger partial charge in [-0.1, -0.05) is 41.9 Å². The number of benzene rings is 2. The highest BCUT2D eigenvalue weighted by molar-refractivity contribution is 6.30. The van der Waals surface area contributed by atoms with Gasteiger partial charge < -0.3 is 10.2 Å². The Balaban J connectivity index is 1.72. The van der Waals surface area contributed by atoms with Gasteiger partial charge in [0.1, 0.15) is 11.5 Å². The Morgan fingerprint density at radius 2 is 1.74 bits per heavy atom.